The molecule has 0 saturated heterocycles. The van der Waals surface area contributed by atoms with Gasteiger partial charge < -0.3 is 18.8 Å². The predicted molar refractivity (Wildman–Crippen MR) is 122 cm³/mol. The molecule has 1 aliphatic heterocycles. The van der Waals surface area contributed by atoms with Crippen LogP contribution in [0, 0.1) is 12.8 Å². The second-order valence-electron chi connectivity index (χ2n) is 9.34. The highest BCUT2D eigenvalue weighted by molar-refractivity contribution is 5.93. The van der Waals surface area contributed by atoms with Crippen LogP contribution in [0.15, 0.2) is 47.7 Å². The lowest BCUT2D eigenvalue weighted by Crippen LogP contribution is -2.49. The van der Waals surface area contributed by atoms with Gasteiger partial charge in [-0.3, -0.25) is 9.59 Å². The third-order valence-corrected chi connectivity index (χ3v) is 6.43. The molecular weight excluding hydrogens is 461 g/mol. The number of imidazole rings is 1. The van der Waals surface area contributed by atoms with Gasteiger partial charge in [-0.2, -0.15) is 13.2 Å². The van der Waals surface area contributed by atoms with Crippen molar-refractivity contribution in [3.05, 3.63) is 75.7 Å². The monoisotopic (exact) mass is 486 g/mol. The fourth-order valence-electron chi connectivity index (χ4n) is 4.32. The van der Waals surface area contributed by atoms with Crippen LogP contribution in [-0.4, -0.2) is 37.6 Å². The van der Waals surface area contributed by atoms with E-state index in [0.29, 0.717) is 23.8 Å². The van der Waals surface area contributed by atoms with Crippen molar-refractivity contribution in [2.45, 2.75) is 52.0 Å². The Morgan fingerprint density at radius 1 is 1.14 bits per heavy atom. The van der Waals surface area contributed by atoms with E-state index in [9.17, 15) is 22.8 Å². The smallest absolute Gasteiger partial charge is 0.416 e. The zero-order chi connectivity index (χ0) is 24.9. The molecule has 2 aliphatic rings. The van der Waals surface area contributed by atoms with Gasteiger partial charge in [0.15, 0.2) is 0 Å². The Bertz CT molecular complexity index is 1340. The Hall–Kier alpha value is -3.56. The van der Waals surface area contributed by atoms with Gasteiger partial charge in [0.2, 0.25) is 0 Å². The first kappa shape index (κ1) is 23.2. The minimum Gasteiger partial charge on any atom is -0.493 e. The highest BCUT2D eigenvalue weighted by atomic mass is 19.4. The molecule has 7 nitrogen and oxygen atoms in total. The van der Waals surface area contributed by atoms with Gasteiger partial charge in [0, 0.05) is 25.3 Å². The number of fused-ring (bicyclic) bond motifs is 1. The van der Waals surface area contributed by atoms with Gasteiger partial charge in [-0.15, -0.1) is 0 Å². The average molecular weight is 486 g/mol. The minimum absolute atomic E-state index is 0.0274. The number of ether oxygens (including phenoxy) is 1. The van der Waals surface area contributed by atoms with Crippen molar-refractivity contribution >= 4 is 5.91 Å². The Morgan fingerprint density at radius 2 is 1.91 bits per heavy atom. The number of alkyl halides is 3. The van der Waals surface area contributed by atoms with Gasteiger partial charge in [0.25, 0.3) is 11.5 Å². The quantitative estimate of drug-likeness (QED) is 0.524. The SMILES string of the molecule is Cc1cn(-c2ccc3n(c2=O)C[C@@H](C)N(Cc2cc(OCC4CC4)cc(C(F)(F)F)c2)C3=O)cn1. The molecule has 1 saturated carbocycles. The molecule has 2 aromatic heterocycles. The topological polar surface area (TPSA) is 69.4 Å². The summed E-state index contributed by atoms with van der Waals surface area (Å²) in [6.45, 7) is 4.17. The summed E-state index contributed by atoms with van der Waals surface area (Å²) in [5.74, 6) is 0.130. The Morgan fingerprint density at radius 3 is 2.57 bits per heavy atom. The first-order valence-corrected chi connectivity index (χ1v) is 11.5. The van der Waals surface area contributed by atoms with E-state index in [1.807, 2.05) is 6.92 Å². The van der Waals surface area contributed by atoms with E-state index in [1.54, 1.807) is 35.9 Å². The van der Waals surface area contributed by atoms with Crippen molar-refractivity contribution < 1.29 is 22.7 Å². The van der Waals surface area contributed by atoms with Crippen LogP contribution in [0.3, 0.4) is 0 Å². The zero-order valence-electron chi connectivity index (χ0n) is 19.4. The molecule has 0 unspecified atom stereocenters. The molecule has 10 heteroatoms. The summed E-state index contributed by atoms with van der Waals surface area (Å²) in [7, 11) is 0. The fourth-order valence-corrected chi connectivity index (χ4v) is 4.32. The van der Waals surface area contributed by atoms with E-state index in [4.69, 9.17) is 4.74 Å². The van der Waals surface area contributed by atoms with Crippen molar-refractivity contribution in [1.82, 2.24) is 19.0 Å². The zero-order valence-corrected chi connectivity index (χ0v) is 19.4. The minimum atomic E-state index is -4.53. The molecule has 0 N–H and O–H groups in total. The van der Waals surface area contributed by atoms with Crippen molar-refractivity contribution in [2.24, 2.45) is 5.92 Å². The molecule has 1 fully saturated rings. The average Bonchev–Trinajstić information content (AvgIpc) is 3.54. The number of nitrogens with zero attached hydrogens (tertiary/aromatic N) is 4. The van der Waals surface area contributed by atoms with Crippen LogP contribution in [0.4, 0.5) is 13.2 Å². The molecule has 3 aromatic rings. The summed E-state index contributed by atoms with van der Waals surface area (Å²) in [6, 6.07) is 6.35. The van der Waals surface area contributed by atoms with Crippen LogP contribution in [0.5, 0.6) is 5.75 Å². The summed E-state index contributed by atoms with van der Waals surface area (Å²) in [5.41, 5.74) is 0.518. The maximum absolute atomic E-state index is 13.5. The van der Waals surface area contributed by atoms with E-state index in [2.05, 4.69) is 4.98 Å². The third kappa shape index (κ3) is 4.69. The summed E-state index contributed by atoms with van der Waals surface area (Å²) in [6.07, 6.45) is 0.767. The largest absolute Gasteiger partial charge is 0.493 e. The Kier molecular flexibility index (Phi) is 5.69. The van der Waals surface area contributed by atoms with Gasteiger partial charge in [-0.1, -0.05) is 0 Å². The number of hydrogen-bond donors (Lipinski definition) is 0. The van der Waals surface area contributed by atoms with E-state index in [1.165, 1.54) is 15.8 Å². The van der Waals surface area contributed by atoms with E-state index in [-0.39, 0.29) is 30.1 Å². The first-order chi connectivity index (χ1) is 16.6. The number of pyridine rings is 1. The van der Waals surface area contributed by atoms with Crippen molar-refractivity contribution in [3.63, 3.8) is 0 Å². The predicted octanol–water partition coefficient (Wildman–Crippen LogP) is 4.19. The van der Waals surface area contributed by atoms with Crippen LogP contribution >= 0.6 is 0 Å². The summed E-state index contributed by atoms with van der Waals surface area (Å²) >= 11 is 0. The van der Waals surface area contributed by atoms with Crippen molar-refractivity contribution in [1.29, 1.82) is 0 Å². The number of benzene rings is 1. The maximum atomic E-state index is 13.5. The number of hydrogen-bond acceptors (Lipinski definition) is 4. The third-order valence-electron chi connectivity index (χ3n) is 6.43. The number of halogens is 3. The molecule has 1 aliphatic carbocycles. The second-order valence-corrected chi connectivity index (χ2v) is 9.34. The van der Waals surface area contributed by atoms with Crippen molar-refractivity contribution in [3.8, 4) is 11.4 Å². The molecule has 1 atom stereocenters. The Labute approximate surface area is 199 Å². The van der Waals surface area contributed by atoms with Gasteiger partial charge in [-0.25, -0.2) is 4.98 Å². The second kappa shape index (κ2) is 8.58. The van der Waals surface area contributed by atoms with Gasteiger partial charge in [-0.05, 0) is 68.5 Å². The number of carbonyl (C=O) groups excluding carboxylic acids is 1. The highest BCUT2D eigenvalue weighted by Crippen LogP contribution is 2.35. The number of amides is 1. The number of aryl methyl sites for hydroxylation is 1. The molecule has 184 valence electrons. The standard InChI is InChI=1S/C25H25F3N4O3/c1-15-10-30(14-29-15)21-5-6-22-24(34)31(16(2)11-32(22)23(21)33)12-18-7-19(25(26,27)28)9-20(8-18)35-13-17-3-4-17/h5-10,14,16-17H,3-4,11-13H2,1-2H3/t16-/m1/s1. The Balaban J connectivity index is 1.44. The highest BCUT2D eigenvalue weighted by Gasteiger charge is 2.34. The molecule has 3 heterocycles. The lowest BCUT2D eigenvalue weighted by molar-refractivity contribution is -0.137. The lowest BCUT2D eigenvalue weighted by Gasteiger charge is -2.35. The van der Waals surface area contributed by atoms with Crippen LogP contribution in [0.1, 0.15) is 47.1 Å². The number of rotatable bonds is 6. The van der Waals surface area contributed by atoms with Gasteiger partial charge in [0.1, 0.15) is 17.1 Å². The number of aromatic nitrogens is 3. The molecule has 0 bridgehead atoms. The molecule has 35 heavy (non-hydrogen) atoms. The van der Waals surface area contributed by atoms with Crippen LogP contribution in [-0.2, 0) is 19.3 Å². The van der Waals surface area contributed by atoms with Crippen LogP contribution in [0.2, 0.25) is 0 Å². The van der Waals surface area contributed by atoms with Crippen molar-refractivity contribution in [2.75, 3.05) is 6.61 Å². The normalized spacial score (nSPS) is 18.0. The molecule has 1 aromatic carbocycles. The maximum Gasteiger partial charge on any atom is 0.416 e. The van der Waals surface area contributed by atoms with Crippen LogP contribution in [0.25, 0.3) is 5.69 Å². The van der Waals surface area contributed by atoms with E-state index < -0.39 is 23.7 Å². The van der Waals surface area contributed by atoms with E-state index in [0.717, 1.165) is 30.7 Å². The first-order valence-electron chi connectivity index (χ1n) is 11.5. The summed E-state index contributed by atoms with van der Waals surface area (Å²) < 4.78 is 49.2. The molecule has 0 radical (unpaired) electrons. The lowest BCUT2D eigenvalue weighted by atomic mass is 10.1. The summed E-state index contributed by atoms with van der Waals surface area (Å²) in [5, 5.41) is 0. The van der Waals surface area contributed by atoms with Gasteiger partial charge in [0.05, 0.1) is 24.2 Å². The van der Waals surface area contributed by atoms with E-state index >= 15 is 0 Å². The van der Waals surface area contributed by atoms with Gasteiger partial charge >= 0.3 is 6.18 Å². The molecular formula is C25H25F3N4O3. The molecule has 1 amide bonds. The molecule has 0 spiro atoms. The molecule has 5 rings (SSSR count). The number of carbonyl (C=O) groups is 1. The summed E-state index contributed by atoms with van der Waals surface area (Å²) in [4.78, 5) is 32.1. The van der Waals surface area contributed by atoms with Crippen LogP contribution < -0.4 is 10.3 Å². The fraction of sp³-hybridized carbons (Fsp3) is 0.400.